The van der Waals surface area contributed by atoms with E-state index in [2.05, 4.69) is 5.32 Å². The van der Waals surface area contributed by atoms with Gasteiger partial charge in [-0.2, -0.15) is 0 Å². The van der Waals surface area contributed by atoms with Gasteiger partial charge in [0, 0.05) is 12.2 Å². The van der Waals surface area contributed by atoms with Crippen LogP contribution in [0, 0.1) is 6.92 Å². The Hall–Kier alpha value is -1.55. The third kappa shape index (κ3) is 2.82. The van der Waals surface area contributed by atoms with E-state index in [0.29, 0.717) is 5.56 Å². The maximum atomic E-state index is 12.0. The quantitative estimate of drug-likeness (QED) is 0.861. The molecule has 1 aliphatic heterocycles. The molecule has 0 aliphatic carbocycles. The second-order valence-electron chi connectivity index (χ2n) is 4.81. The van der Waals surface area contributed by atoms with Crippen molar-refractivity contribution in [1.82, 2.24) is 5.32 Å². The number of ether oxygens (including phenoxy) is 1. The fraction of sp³-hybridized carbons (Fsp3) is 0.500. The molecule has 1 heterocycles. The van der Waals surface area contributed by atoms with Crippen LogP contribution < -0.4 is 5.32 Å². The predicted molar refractivity (Wildman–Crippen MR) is 68.7 cm³/mol. The first-order valence-electron chi connectivity index (χ1n) is 6.30. The van der Waals surface area contributed by atoms with Crippen LogP contribution in [0.4, 0.5) is 0 Å². The number of carbonyl (C=O) groups excluding carboxylic acids is 1. The molecule has 0 radical (unpaired) electrons. The fourth-order valence-corrected chi connectivity index (χ4v) is 2.13. The van der Waals surface area contributed by atoms with Crippen LogP contribution in [0.15, 0.2) is 18.2 Å². The topological polar surface area (TPSA) is 58.6 Å². The minimum absolute atomic E-state index is 0.0107. The summed E-state index contributed by atoms with van der Waals surface area (Å²) in [4.78, 5) is 12.0. The molecule has 98 valence electrons. The zero-order valence-corrected chi connectivity index (χ0v) is 10.8. The summed E-state index contributed by atoms with van der Waals surface area (Å²) in [5, 5.41) is 12.5. The zero-order chi connectivity index (χ0) is 13.1. The lowest BCUT2D eigenvalue weighted by Crippen LogP contribution is -2.40. The molecule has 1 aromatic rings. The van der Waals surface area contributed by atoms with Crippen LogP contribution in [0.2, 0.25) is 0 Å². The Balaban J connectivity index is 2.00. The van der Waals surface area contributed by atoms with Gasteiger partial charge in [-0.05, 0) is 44.4 Å². The number of aromatic hydroxyl groups is 1. The highest BCUT2D eigenvalue weighted by Crippen LogP contribution is 2.19. The molecule has 1 amide bonds. The molecule has 1 aliphatic rings. The highest BCUT2D eigenvalue weighted by Gasteiger charge is 2.24. The summed E-state index contributed by atoms with van der Waals surface area (Å²) >= 11 is 0. The van der Waals surface area contributed by atoms with E-state index < -0.39 is 0 Å². The second kappa shape index (κ2) is 5.40. The molecule has 2 rings (SSSR count). The van der Waals surface area contributed by atoms with E-state index in [4.69, 9.17) is 4.74 Å². The number of rotatable bonds is 3. The van der Waals surface area contributed by atoms with Gasteiger partial charge < -0.3 is 15.2 Å². The summed E-state index contributed by atoms with van der Waals surface area (Å²) < 4.78 is 5.53. The Morgan fingerprint density at radius 1 is 1.56 bits per heavy atom. The number of amides is 1. The number of benzene rings is 1. The SMILES string of the molecule is Cc1ccc(C(=O)NC(C)C2CCCO2)cc1O. The lowest BCUT2D eigenvalue weighted by Gasteiger charge is -2.20. The summed E-state index contributed by atoms with van der Waals surface area (Å²) in [6.07, 6.45) is 2.14. The molecule has 4 nitrogen and oxygen atoms in total. The van der Waals surface area contributed by atoms with Gasteiger partial charge in [0.2, 0.25) is 0 Å². The number of phenolic OH excluding ortho intramolecular Hbond substituents is 1. The summed E-state index contributed by atoms with van der Waals surface area (Å²) in [6, 6.07) is 4.93. The van der Waals surface area contributed by atoms with E-state index in [1.165, 1.54) is 6.07 Å². The van der Waals surface area contributed by atoms with Gasteiger partial charge in [0.25, 0.3) is 5.91 Å². The number of hydrogen-bond acceptors (Lipinski definition) is 3. The van der Waals surface area contributed by atoms with Crippen LogP contribution in [0.5, 0.6) is 5.75 Å². The number of hydrogen-bond donors (Lipinski definition) is 2. The van der Waals surface area contributed by atoms with Crippen LogP contribution in [-0.2, 0) is 4.74 Å². The molecule has 0 spiro atoms. The normalized spacial score (nSPS) is 20.7. The van der Waals surface area contributed by atoms with E-state index in [1.807, 2.05) is 6.92 Å². The van der Waals surface area contributed by atoms with Crippen molar-refractivity contribution in [3.05, 3.63) is 29.3 Å². The van der Waals surface area contributed by atoms with Crippen LogP contribution in [0.1, 0.15) is 35.7 Å². The monoisotopic (exact) mass is 249 g/mol. The molecule has 1 saturated heterocycles. The molecular weight excluding hydrogens is 230 g/mol. The lowest BCUT2D eigenvalue weighted by molar-refractivity contribution is 0.0712. The minimum Gasteiger partial charge on any atom is -0.508 e. The molecule has 18 heavy (non-hydrogen) atoms. The Morgan fingerprint density at radius 2 is 2.33 bits per heavy atom. The van der Waals surface area contributed by atoms with Gasteiger partial charge in [0.05, 0.1) is 12.1 Å². The van der Waals surface area contributed by atoms with Crippen molar-refractivity contribution >= 4 is 5.91 Å². The largest absolute Gasteiger partial charge is 0.508 e. The summed E-state index contributed by atoms with van der Waals surface area (Å²) in [7, 11) is 0. The molecular formula is C14H19NO3. The third-order valence-electron chi connectivity index (χ3n) is 3.35. The minimum atomic E-state index is -0.173. The number of nitrogens with one attached hydrogen (secondary N) is 1. The van der Waals surface area contributed by atoms with Crippen molar-refractivity contribution in [2.75, 3.05) is 6.61 Å². The highest BCUT2D eigenvalue weighted by atomic mass is 16.5. The van der Waals surface area contributed by atoms with Crippen molar-refractivity contribution in [3.63, 3.8) is 0 Å². The van der Waals surface area contributed by atoms with Crippen molar-refractivity contribution in [1.29, 1.82) is 0 Å². The van der Waals surface area contributed by atoms with Gasteiger partial charge in [0.15, 0.2) is 0 Å². The molecule has 0 saturated carbocycles. The zero-order valence-electron chi connectivity index (χ0n) is 10.8. The Labute approximate surface area is 107 Å². The molecule has 2 unspecified atom stereocenters. The van der Waals surface area contributed by atoms with E-state index in [-0.39, 0.29) is 23.8 Å². The van der Waals surface area contributed by atoms with E-state index in [1.54, 1.807) is 19.1 Å². The van der Waals surface area contributed by atoms with Gasteiger partial charge in [-0.1, -0.05) is 6.07 Å². The first-order valence-corrected chi connectivity index (χ1v) is 6.30. The van der Waals surface area contributed by atoms with E-state index in [0.717, 1.165) is 25.0 Å². The Morgan fingerprint density at radius 3 is 2.94 bits per heavy atom. The molecule has 2 atom stereocenters. The number of aryl methyl sites for hydroxylation is 1. The first-order chi connectivity index (χ1) is 8.58. The predicted octanol–water partition coefficient (Wildman–Crippen LogP) is 2.00. The fourth-order valence-electron chi connectivity index (χ4n) is 2.13. The smallest absolute Gasteiger partial charge is 0.251 e. The molecule has 1 aromatic carbocycles. The van der Waals surface area contributed by atoms with Gasteiger partial charge in [-0.15, -0.1) is 0 Å². The Kier molecular flexibility index (Phi) is 3.87. The number of carbonyl (C=O) groups is 1. The maximum Gasteiger partial charge on any atom is 0.251 e. The molecule has 1 fully saturated rings. The summed E-state index contributed by atoms with van der Waals surface area (Å²) in [5.74, 6) is -0.0271. The molecule has 0 bridgehead atoms. The lowest BCUT2D eigenvalue weighted by atomic mass is 10.1. The van der Waals surface area contributed by atoms with Crippen molar-refractivity contribution < 1.29 is 14.6 Å². The van der Waals surface area contributed by atoms with Crippen LogP contribution in [0.25, 0.3) is 0 Å². The standard InChI is InChI=1S/C14H19NO3/c1-9-5-6-11(8-12(9)16)14(17)15-10(2)13-4-3-7-18-13/h5-6,8,10,13,16H,3-4,7H2,1-2H3,(H,15,17). The van der Waals surface area contributed by atoms with Crippen LogP contribution in [0.3, 0.4) is 0 Å². The van der Waals surface area contributed by atoms with Gasteiger partial charge in [0.1, 0.15) is 5.75 Å². The maximum absolute atomic E-state index is 12.0. The second-order valence-corrected chi connectivity index (χ2v) is 4.81. The van der Waals surface area contributed by atoms with Crippen LogP contribution in [-0.4, -0.2) is 29.8 Å². The number of phenols is 1. The molecule has 0 aromatic heterocycles. The average molecular weight is 249 g/mol. The first kappa shape index (κ1) is 12.9. The van der Waals surface area contributed by atoms with Crippen LogP contribution >= 0.6 is 0 Å². The van der Waals surface area contributed by atoms with E-state index in [9.17, 15) is 9.90 Å². The Bertz CT molecular complexity index is 439. The summed E-state index contributed by atoms with van der Waals surface area (Å²) in [6.45, 7) is 4.52. The van der Waals surface area contributed by atoms with Crippen molar-refractivity contribution in [3.8, 4) is 5.75 Å². The molecule has 2 N–H and O–H groups in total. The van der Waals surface area contributed by atoms with Crippen molar-refractivity contribution in [2.24, 2.45) is 0 Å². The molecule has 4 heteroatoms. The van der Waals surface area contributed by atoms with Gasteiger partial charge in [-0.25, -0.2) is 0 Å². The van der Waals surface area contributed by atoms with Gasteiger partial charge >= 0.3 is 0 Å². The third-order valence-corrected chi connectivity index (χ3v) is 3.35. The summed E-state index contributed by atoms with van der Waals surface area (Å²) in [5.41, 5.74) is 1.24. The van der Waals surface area contributed by atoms with E-state index >= 15 is 0 Å². The average Bonchev–Trinajstić information content (AvgIpc) is 2.86. The highest BCUT2D eigenvalue weighted by molar-refractivity contribution is 5.94. The van der Waals surface area contributed by atoms with Gasteiger partial charge in [-0.3, -0.25) is 4.79 Å². The van der Waals surface area contributed by atoms with Crippen molar-refractivity contribution in [2.45, 2.75) is 38.8 Å².